The van der Waals surface area contributed by atoms with Gasteiger partial charge in [0.15, 0.2) is 0 Å². The van der Waals surface area contributed by atoms with E-state index in [1.54, 1.807) is 13.0 Å². The van der Waals surface area contributed by atoms with Crippen LogP contribution in [0.5, 0.6) is 11.5 Å². The Kier molecular flexibility index (Phi) is 6.33. The number of carbonyl (C=O) groups is 1. The number of carbonyl (C=O) groups excluding carboxylic acids is 1. The Morgan fingerprint density at radius 1 is 1.12 bits per heavy atom. The lowest BCUT2D eigenvalue weighted by molar-refractivity contribution is 0.0526. The van der Waals surface area contributed by atoms with Crippen molar-refractivity contribution in [3.8, 4) is 11.5 Å². The fraction of sp³-hybridized carbons (Fsp3) is 0.235. The number of esters is 1. The van der Waals surface area contributed by atoms with Crippen LogP contribution in [0.25, 0.3) is 0 Å². The lowest BCUT2D eigenvalue weighted by Gasteiger charge is -2.13. The second kappa shape index (κ2) is 8.29. The van der Waals surface area contributed by atoms with Gasteiger partial charge in [-0.05, 0) is 37.3 Å². The third-order valence-corrected chi connectivity index (χ3v) is 5.09. The minimum absolute atomic E-state index is 0.0706. The van der Waals surface area contributed by atoms with Crippen molar-refractivity contribution >= 4 is 33.3 Å². The first-order chi connectivity index (χ1) is 12.3. The predicted octanol–water partition coefficient (Wildman–Crippen LogP) is 3.33. The Balaban J connectivity index is 2.35. The van der Waals surface area contributed by atoms with E-state index in [0.717, 1.165) is 0 Å². The molecule has 0 unspecified atom stereocenters. The van der Waals surface area contributed by atoms with Gasteiger partial charge in [-0.3, -0.25) is 4.72 Å². The summed E-state index contributed by atoms with van der Waals surface area (Å²) in [6.45, 7) is 1.88. The fourth-order valence-corrected chi connectivity index (χ4v) is 3.65. The molecule has 7 nitrogen and oxygen atoms in total. The Labute approximate surface area is 156 Å². The van der Waals surface area contributed by atoms with Crippen LogP contribution < -0.4 is 14.2 Å². The van der Waals surface area contributed by atoms with E-state index >= 15 is 0 Å². The van der Waals surface area contributed by atoms with Crippen LogP contribution in [-0.2, 0) is 14.8 Å². The van der Waals surface area contributed by atoms with Crippen molar-refractivity contribution in [3.05, 3.63) is 47.0 Å². The maximum Gasteiger partial charge on any atom is 0.339 e. The van der Waals surface area contributed by atoms with Gasteiger partial charge >= 0.3 is 5.97 Å². The molecule has 0 aromatic heterocycles. The monoisotopic (exact) mass is 399 g/mol. The van der Waals surface area contributed by atoms with Crippen molar-refractivity contribution in [3.63, 3.8) is 0 Å². The average molecular weight is 400 g/mol. The molecule has 0 aliphatic heterocycles. The molecule has 9 heteroatoms. The third-order valence-electron chi connectivity index (χ3n) is 3.38. The van der Waals surface area contributed by atoms with Crippen molar-refractivity contribution < 1.29 is 27.4 Å². The van der Waals surface area contributed by atoms with Crippen LogP contribution in [0.4, 0.5) is 5.69 Å². The molecular weight excluding hydrogens is 382 g/mol. The summed E-state index contributed by atoms with van der Waals surface area (Å²) in [6, 6.07) is 8.56. The SMILES string of the molecule is CCOC(=O)c1ccc(NS(=O)(=O)c2cc(OC)ccc2OC)cc1Cl. The van der Waals surface area contributed by atoms with Crippen LogP contribution >= 0.6 is 11.6 Å². The number of nitrogens with one attached hydrogen (secondary N) is 1. The van der Waals surface area contributed by atoms with Crippen molar-refractivity contribution in [2.24, 2.45) is 0 Å². The minimum atomic E-state index is -3.98. The average Bonchev–Trinajstić information content (AvgIpc) is 2.61. The molecule has 0 saturated heterocycles. The molecule has 0 fully saturated rings. The zero-order chi connectivity index (χ0) is 19.3. The Morgan fingerprint density at radius 2 is 1.85 bits per heavy atom. The van der Waals surface area contributed by atoms with Gasteiger partial charge in [-0.2, -0.15) is 0 Å². The van der Waals surface area contributed by atoms with E-state index in [4.69, 9.17) is 25.8 Å². The highest BCUT2D eigenvalue weighted by atomic mass is 35.5. The second-order valence-electron chi connectivity index (χ2n) is 5.04. The number of sulfonamides is 1. The number of hydrogen-bond acceptors (Lipinski definition) is 6. The molecule has 0 heterocycles. The number of ether oxygens (including phenoxy) is 3. The Bertz CT molecular complexity index is 913. The van der Waals surface area contributed by atoms with Crippen molar-refractivity contribution in [2.75, 3.05) is 25.5 Å². The molecule has 2 aromatic rings. The van der Waals surface area contributed by atoms with Gasteiger partial charge < -0.3 is 14.2 Å². The minimum Gasteiger partial charge on any atom is -0.497 e. The van der Waals surface area contributed by atoms with Crippen molar-refractivity contribution in [2.45, 2.75) is 11.8 Å². The fourth-order valence-electron chi connectivity index (χ4n) is 2.16. The highest BCUT2D eigenvalue weighted by molar-refractivity contribution is 7.92. The van der Waals surface area contributed by atoms with Gasteiger partial charge in [-0.1, -0.05) is 11.6 Å². The zero-order valence-corrected chi connectivity index (χ0v) is 16.0. The van der Waals surface area contributed by atoms with E-state index in [1.165, 1.54) is 44.6 Å². The normalized spacial score (nSPS) is 10.9. The summed E-state index contributed by atoms with van der Waals surface area (Å²) in [4.78, 5) is 11.7. The van der Waals surface area contributed by atoms with Gasteiger partial charge in [0.05, 0.1) is 37.1 Å². The van der Waals surface area contributed by atoms with Crippen molar-refractivity contribution in [1.82, 2.24) is 0 Å². The third kappa shape index (κ3) is 4.39. The van der Waals surface area contributed by atoms with Crippen LogP contribution in [0.3, 0.4) is 0 Å². The lowest BCUT2D eigenvalue weighted by Crippen LogP contribution is -2.14. The van der Waals surface area contributed by atoms with Gasteiger partial charge in [-0.25, -0.2) is 13.2 Å². The molecule has 0 radical (unpaired) electrons. The van der Waals surface area contributed by atoms with Crippen LogP contribution in [0.15, 0.2) is 41.3 Å². The molecule has 0 saturated carbocycles. The smallest absolute Gasteiger partial charge is 0.339 e. The highest BCUT2D eigenvalue weighted by Crippen LogP contribution is 2.30. The Hall–Kier alpha value is -2.45. The van der Waals surface area contributed by atoms with Crippen molar-refractivity contribution in [1.29, 1.82) is 0 Å². The van der Waals surface area contributed by atoms with Gasteiger partial charge in [0.2, 0.25) is 0 Å². The van der Waals surface area contributed by atoms with E-state index in [9.17, 15) is 13.2 Å². The van der Waals surface area contributed by atoms with Gasteiger partial charge in [0, 0.05) is 6.07 Å². The zero-order valence-electron chi connectivity index (χ0n) is 14.4. The summed E-state index contributed by atoms with van der Waals surface area (Å²) in [6.07, 6.45) is 0. The topological polar surface area (TPSA) is 90.9 Å². The molecule has 0 atom stereocenters. The molecule has 2 aromatic carbocycles. The quantitative estimate of drug-likeness (QED) is 0.718. The van der Waals surface area contributed by atoms with E-state index in [1.807, 2.05) is 0 Å². The van der Waals surface area contributed by atoms with E-state index in [0.29, 0.717) is 5.75 Å². The molecule has 26 heavy (non-hydrogen) atoms. The lowest BCUT2D eigenvalue weighted by atomic mass is 10.2. The van der Waals surface area contributed by atoms with E-state index in [-0.39, 0.29) is 33.5 Å². The van der Waals surface area contributed by atoms with Gasteiger partial charge in [0.1, 0.15) is 16.4 Å². The first-order valence-electron chi connectivity index (χ1n) is 7.54. The standard InChI is InChI=1S/C17H18ClNO6S/c1-4-25-17(20)13-7-5-11(9-14(13)18)19-26(21,22)16-10-12(23-2)6-8-15(16)24-3/h5-10,19H,4H2,1-3H3. The maximum absolute atomic E-state index is 12.7. The molecular formula is C17H18ClNO6S. The number of halogens is 1. The van der Waals surface area contributed by atoms with Crippen LogP contribution in [-0.4, -0.2) is 35.2 Å². The molecule has 1 N–H and O–H groups in total. The molecule has 0 spiro atoms. The summed E-state index contributed by atoms with van der Waals surface area (Å²) >= 11 is 6.06. The van der Waals surface area contributed by atoms with Crippen LogP contribution in [0.2, 0.25) is 5.02 Å². The van der Waals surface area contributed by atoms with Crippen LogP contribution in [0, 0.1) is 0 Å². The number of benzene rings is 2. The number of anilines is 1. The molecule has 0 aliphatic carbocycles. The maximum atomic E-state index is 12.7. The second-order valence-corrected chi connectivity index (χ2v) is 7.10. The summed E-state index contributed by atoms with van der Waals surface area (Å²) in [5.74, 6) is -0.0595. The van der Waals surface area contributed by atoms with E-state index < -0.39 is 16.0 Å². The number of hydrogen-bond donors (Lipinski definition) is 1. The highest BCUT2D eigenvalue weighted by Gasteiger charge is 2.21. The van der Waals surface area contributed by atoms with Gasteiger partial charge in [0.25, 0.3) is 10.0 Å². The molecule has 0 aliphatic rings. The molecule has 0 amide bonds. The predicted molar refractivity (Wildman–Crippen MR) is 97.8 cm³/mol. The summed E-state index contributed by atoms with van der Waals surface area (Å²) in [5, 5.41) is 0.0706. The molecule has 2 rings (SSSR count). The molecule has 140 valence electrons. The first kappa shape index (κ1) is 19.9. The Morgan fingerprint density at radius 3 is 2.42 bits per heavy atom. The molecule has 0 bridgehead atoms. The summed E-state index contributed by atoms with van der Waals surface area (Å²) in [5.41, 5.74) is 0.336. The van der Waals surface area contributed by atoms with Gasteiger partial charge in [-0.15, -0.1) is 0 Å². The summed E-state index contributed by atoms with van der Waals surface area (Å²) in [7, 11) is -1.18. The summed E-state index contributed by atoms with van der Waals surface area (Å²) < 4.78 is 42.9. The number of rotatable bonds is 7. The first-order valence-corrected chi connectivity index (χ1v) is 9.40. The number of methoxy groups -OCH3 is 2. The van der Waals surface area contributed by atoms with E-state index in [2.05, 4.69) is 4.72 Å². The largest absolute Gasteiger partial charge is 0.497 e. The van der Waals surface area contributed by atoms with Crippen LogP contribution in [0.1, 0.15) is 17.3 Å².